The van der Waals surface area contributed by atoms with Gasteiger partial charge in [-0.2, -0.15) is 0 Å². The van der Waals surface area contributed by atoms with Crippen molar-refractivity contribution in [1.29, 1.82) is 0 Å². The lowest BCUT2D eigenvalue weighted by molar-refractivity contribution is 0.102. The molecule has 2 aromatic rings. The van der Waals surface area contributed by atoms with Gasteiger partial charge in [0.25, 0.3) is 5.91 Å². The zero-order chi connectivity index (χ0) is 17.5. The van der Waals surface area contributed by atoms with Gasteiger partial charge in [0.05, 0.1) is 6.61 Å². The van der Waals surface area contributed by atoms with Crippen LogP contribution in [-0.2, 0) is 0 Å². The molecular formula is C19H24ClN3O3. The number of carbonyl (C=O) groups is 1. The van der Waals surface area contributed by atoms with E-state index in [4.69, 9.17) is 9.84 Å². The number of nitrogens with zero attached hydrogens (tertiary/aromatic N) is 1. The van der Waals surface area contributed by atoms with Crippen molar-refractivity contribution in [3.8, 4) is 5.75 Å². The van der Waals surface area contributed by atoms with Gasteiger partial charge in [-0.25, -0.2) is 0 Å². The van der Waals surface area contributed by atoms with Crippen LogP contribution >= 0.6 is 12.4 Å². The van der Waals surface area contributed by atoms with Gasteiger partial charge in [-0.3, -0.25) is 4.79 Å². The van der Waals surface area contributed by atoms with Crippen molar-refractivity contribution in [2.75, 3.05) is 49.6 Å². The van der Waals surface area contributed by atoms with Crippen molar-refractivity contribution in [2.24, 2.45) is 0 Å². The quantitative estimate of drug-likeness (QED) is 0.719. The summed E-state index contributed by atoms with van der Waals surface area (Å²) < 4.78 is 5.30. The number of piperazine rings is 1. The second-order valence-electron chi connectivity index (χ2n) is 5.83. The van der Waals surface area contributed by atoms with E-state index in [-0.39, 0.29) is 31.5 Å². The van der Waals surface area contributed by atoms with Crippen LogP contribution in [0, 0.1) is 0 Å². The molecular weight excluding hydrogens is 354 g/mol. The van der Waals surface area contributed by atoms with E-state index in [0.717, 1.165) is 31.9 Å². The molecule has 6 nitrogen and oxygen atoms in total. The highest BCUT2D eigenvalue weighted by Gasteiger charge is 2.11. The molecule has 0 spiro atoms. The Morgan fingerprint density at radius 2 is 1.73 bits per heavy atom. The maximum atomic E-state index is 12.4. The predicted octanol–water partition coefficient (Wildman–Crippen LogP) is 2.14. The fourth-order valence-corrected chi connectivity index (χ4v) is 2.75. The van der Waals surface area contributed by atoms with E-state index in [2.05, 4.69) is 15.5 Å². The van der Waals surface area contributed by atoms with Crippen LogP contribution in [0.3, 0.4) is 0 Å². The summed E-state index contributed by atoms with van der Waals surface area (Å²) in [5.74, 6) is 0.517. The van der Waals surface area contributed by atoms with Crippen molar-refractivity contribution in [3.05, 3.63) is 54.1 Å². The van der Waals surface area contributed by atoms with Crippen LogP contribution in [0.2, 0.25) is 0 Å². The molecule has 1 fully saturated rings. The van der Waals surface area contributed by atoms with Crippen LogP contribution in [0.5, 0.6) is 5.75 Å². The number of rotatable bonds is 6. The highest BCUT2D eigenvalue weighted by Crippen LogP contribution is 2.19. The fraction of sp³-hybridized carbons (Fsp3) is 0.316. The molecule has 0 bridgehead atoms. The summed E-state index contributed by atoms with van der Waals surface area (Å²) in [7, 11) is 0. The molecule has 26 heavy (non-hydrogen) atoms. The minimum absolute atomic E-state index is 0. The molecule has 0 saturated carbocycles. The Bertz CT molecular complexity index is 686. The average molecular weight is 378 g/mol. The van der Waals surface area contributed by atoms with Crippen molar-refractivity contribution in [3.63, 3.8) is 0 Å². The summed E-state index contributed by atoms with van der Waals surface area (Å²) in [6.45, 7) is 4.17. The average Bonchev–Trinajstić information content (AvgIpc) is 2.68. The second kappa shape index (κ2) is 10.0. The highest BCUT2D eigenvalue weighted by molar-refractivity contribution is 6.04. The zero-order valence-corrected chi connectivity index (χ0v) is 15.3. The summed E-state index contributed by atoms with van der Waals surface area (Å²) in [5, 5.41) is 14.9. The normalized spacial score (nSPS) is 13.7. The molecule has 1 aliphatic heterocycles. The Hall–Kier alpha value is -2.28. The standard InChI is InChI=1S/C19H23N3O3.ClH/c23-13-14-25-18-7-3-16(4-8-18)21-19(24)15-1-5-17(6-2-15)22-11-9-20-10-12-22;/h1-8,20,23H,9-14H2,(H,21,24);1H. The van der Waals surface area contributed by atoms with Gasteiger partial charge in [-0.05, 0) is 48.5 Å². The van der Waals surface area contributed by atoms with Crippen molar-refractivity contribution >= 4 is 29.7 Å². The first kappa shape index (κ1) is 20.0. The second-order valence-corrected chi connectivity index (χ2v) is 5.83. The molecule has 0 atom stereocenters. The number of aliphatic hydroxyl groups excluding tert-OH is 1. The number of aliphatic hydroxyl groups is 1. The molecule has 0 unspecified atom stereocenters. The van der Waals surface area contributed by atoms with Gasteiger partial charge in [0, 0.05) is 43.1 Å². The van der Waals surface area contributed by atoms with Gasteiger partial charge < -0.3 is 25.4 Å². The molecule has 3 rings (SSSR count). The highest BCUT2D eigenvalue weighted by atomic mass is 35.5. The third-order valence-electron chi connectivity index (χ3n) is 4.08. The first-order chi connectivity index (χ1) is 12.3. The topological polar surface area (TPSA) is 73.8 Å². The Morgan fingerprint density at radius 1 is 1.08 bits per heavy atom. The third kappa shape index (κ3) is 5.36. The van der Waals surface area contributed by atoms with Crippen LogP contribution < -0.4 is 20.3 Å². The molecule has 7 heteroatoms. The van der Waals surface area contributed by atoms with E-state index in [1.807, 2.05) is 24.3 Å². The molecule has 3 N–H and O–H groups in total. The zero-order valence-electron chi connectivity index (χ0n) is 14.5. The number of carbonyl (C=O) groups excluding carboxylic acids is 1. The van der Waals surface area contributed by atoms with E-state index in [1.54, 1.807) is 24.3 Å². The Labute approximate surface area is 159 Å². The van der Waals surface area contributed by atoms with Crippen molar-refractivity contribution in [2.45, 2.75) is 0 Å². The Morgan fingerprint density at radius 3 is 2.35 bits per heavy atom. The molecule has 1 amide bonds. The van der Waals surface area contributed by atoms with Gasteiger partial charge in [-0.15, -0.1) is 12.4 Å². The largest absolute Gasteiger partial charge is 0.491 e. The summed E-state index contributed by atoms with van der Waals surface area (Å²) in [6, 6.07) is 14.8. The number of hydrogen-bond acceptors (Lipinski definition) is 5. The minimum Gasteiger partial charge on any atom is -0.491 e. The SMILES string of the molecule is Cl.O=C(Nc1ccc(OCCO)cc1)c1ccc(N2CCNCC2)cc1. The van der Waals surface area contributed by atoms with Crippen LogP contribution in [-0.4, -0.2) is 50.4 Å². The number of hydrogen-bond donors (Lipinski definition) is 3. The van der Waals surface area contributed by atoms with Gasteiger partial charge in [0.1, 0.15) is 12.4 Å². The lowest BCUT2D eigenvalue weighted by atomic mass is 10.1. The predicted molar refractivity (Wildman–Crippen MR) is 106 cm³/mol. The van der Waals surface area contributed by atoms with Crippen molar-refractivity contribution < 1.29 is 14.6 Å². The summed E-state index contributed by atoms with van der Waals surface area (Å²) in [5.41, 5.74) is 2.47. The van der Waals surface area contributed by atoms with Gasteiger partial charge in [0.2, 0.25) is 0 Å². The molecule has 0 aromatic heterocycles. The molecule has 1 aliphatic rings. The fourth-order valence-electron chi connectivity index (χ4n) is 2.75. The van der Waals surface area contributed by atoms with Gasteiger partial charge >= 0.3 is 0 Å². The number of benzene rings is 2. The maximum Gasteiger partial charge on any atom is 0.255 e. The number of amides is 1. The number of anilines is 2. The molecule has 0 aliphatic carbocycles. The maximum absolute atomic E-state index is 12.4. The van der Waals surface area contributed by atoms with Crippen molar-refractivity contribution in [1.82, 2.24) is 5.32 Å². The molecule has 1 saturated heterocycles. The smallest absolute Gasteiger partial charge is 0.255 e. The van der Waals surface area contributed by atoms with E-state index in [9.17, 15) is 4.79 Å². The lowest BCUT2D eigenvalue weighted by Crippen LogP contribution is -2.43. The van der Waals surface area contributed by atoms with E-state index in [0.29, 0.717) is 17.0 Å². The number of ether oxygens (including phenoxy) is 1. The van der Waals surface area contributed by atoms with Crippen LogP contribution in [0.15, 0.2) is 48.5 Å². The van der Waals surface area contributed by atoms with Crippen LogP contribution in [0.4, 0.5) is 11.4 Å². The third-order valence-corrected chi connectivity index (χ3v) is 4.08. The Kier molecular flexibility index (Phi) is 7.72. The first-order valence-corrected chi connectivity index (χ1v) is 8.47. The monoisotopic (exact) mass is 377 g/mol. The number of nitrogens with one attached hydrogen (secondary N) is 2. The summed E-state index contributed by atoms with van der Waals surface area (Å²) in [4.78, 5) is 14.7. The van der Waals surface area contributed by atoms with Gasteiger partial charge in [-0.1, -0.05) is 0 Å². The Balaban J connectivity index is 0.00000243. The van der Waals surface area contributed by atoms with E-state index in [1.165, 1.54) is 0 Å². The van der Waals surface area contributed by atoms with Crippen LogP contribution in [0.1, 0.15) is 10.4 Å². The molecule has 2 aromatic carbocycles. The first-order valence-electron chi connectivity index (χ1n) is 8.47. The molecule has 140 valence electrons. The number of halogens is 1. The van der Waals surface area contributed by atoms with E-state index < -0.39 is 0 Å². The van der Waals surface area contributed by atoms with Crippen LogP contribution in [0.25, 0.3) is 0 Å². The lowest BCUT2D eigenvalue weighted by Gasteiger charge is -2.29. The van der Waals surface area contributed by atoms with Gasteiger partial charge in [0.15, 0.2) is 0 Å². The minimum atomic E-state index is -0.143. The van der Waals surface area contributed by atoms with E-state index >= 15 is 0 Å². The summed E-state index contributed by atoms with van der Waals surface area (Å²) in [6.07, 6.45) is 0. The molecule has 1 heterocycles. The summed E-state index contributed by atoms with van der Waals surface area (Å²) >= 11 is 0. The molecule has 0 radical (unpaired) electrons.